The van der Waals surface area contributed by atoms with E-state index < -0.39 is 0 Å². The van der Waals surface area contributed by atoms with Crippen LogP contribution in [0.3, 0.4) is 0 Å². The minimum absolute atomic E-state index is 0.0302. The first-order valence-corrected chi connectivity index (χ1v) is 8.58. The molecule has 24 heavy (non-hydrogen) atoms. The first-order chi connectivity index (χ1) is 11.3. The fourth-order valence-electron chi connectivity index (χ4n) is 3.16. The number of aliphatic hydroxyl groups excluding tert-OH is 1. The van der Waals surface area contributed by atoms with Crippen LogP contribution >= 0.6 is 0 Å². The second-order valence-corrected chi connectivity index (χ2v) is 7.64. The van der Waals surface area contributed by atoms with Crippen LogP contribution in [-0.4, -0.2) is 36.1 Å². The molecular formula is C19H28N2O3. The third kappa shape index (κ3) is 5.06. The van der Waals surface area contributed by atoms with Crippen molar-refractivity contribution in [3.8, 4) is 0 Å². The number of hydrogen-bond donors (Lipinski definition) is 2. The van der Waals surface area contributed by atoms with Crippen LogP contribution in [0.15, 0.2) is 24.3 Å². The van der Waals surface area contributed by atoms with Crippen LogP contribution in [0.2, 0.25) is 0 Å². The molecule has 5 heteroatoms. The van der Waals surface area contributed by atoms with Crippen LogP contribution in [-0.2, 0) is 16.0 Å². The zero-order chi connectivity index (χ0) is 17.7. The van der Waals surface area contributed by atoms with Crippen molar-refractivity contribution in [1.29, 1.82) is 0 Å². The van der Waals surface area contributed by atoms with E-state index in [0.717, 1.165) is 17.7 Å². The molecule has 0 aliphatic carbocycles. The molecule has 0 fully saturated rings. The van der Waals surface area contributed by atoms with Gasteiger partial charge in [0.25, 0.3) is 0 Å². The van der Waals surface area contributed by atoms with E-state index in [1.807, 2.05) is 24.3 Å². The molecule has 0 spiro atoms. The van der Waals surface area contributed by atoms with Crippen molar-refractivity contribution in [1.82, 2.24) is 5.32 Å². The predicted octanol–water partition coefficient (Wildman–Crippen LogP) is 2.27. The molecule has 0 radical (unpaired) electrons. The van der Waals surface area contributed by atoms with Crippen LogP contribution in [0.1, 0.15) is 45.6 Å². The molecule has 0 saturated carbocycles. The number of anilines is 1. The Bertz CT molecular complexity index is 593. The quantitative estimate of drug-likeness (QED) is 0.839. The van der Waals surface area contributed by atoms with Crippen LogP contribution in [0.25, 0.3) is 0 Å². The summed E-state index contributed by atoms with van der Waals surface area (Å²) < 4.78 is 0. The van der Waals surface area contributed by atoms with Gasteiger partial charge in [-0.25, -0.2) is 0 Å². The number of carbonyl (C=O) groups is 2. The number of hydrogen-bond acceptors (Lipinski definition) is 3. The first kappa shape index (κ1) is 18.5. The molecule has 0 aromatic heterocycles. The summed E-state index contributed by atoms with van der Waals surface area (Å²) in [5.74, 6) is -0.0657. The van der Waals surface area contributed by atoms with E-state index in [1.165, 1.54) is 0 Å². The molecule has 0 bridgehead atoms. The molecule has 1 aliphatic rings. The highest BCUT2D eigenvalue weighted by Gasteiger charge is 2.25. The number of fused-ring (bicyclic) bond motifs is 1. The van der Waals surface area contributed by atoms with Crippen molar-refractivity contribution in [2.75, 3.05) is 18.1 Å². The third-order valence-electron chi connectivity index (χ3n) is 4.20. The molecule has 2 rings (SSSR count). The minimum atomic E-state index is -0.248. The van der Waals surface area contributed by atoms with Gasteiger partial charge in [0, 0.05) is 25.1 Å². The lowest BCUT2D eigenvalue weighted by atomic mass is 9.88. The van der Waals surface area contributed by atoms with E-state index in [1.54, 1.807) is 4.90 Å². The van der Waals surface area contributed by atoms with Crippen molar-refractivity contribution in [3.05, 3.63) is 29.8 Å². The van der Waals surface area contributed by atoms with Crippen molar-refractivity contribution >= 4 is 17.5 Å². The lowest BCUT2D eigenvalue weighted by Gasteiger charge is -2.30. The molecule has 132 valence electrons. The van der Waals surface area contributed by atoms with Crippen molar-refractivity contribution < 1.29 is 14.7 Å². The Morgan fingerprint density at radius 1 is 1.29 bits per heavy atom. The van der Waals surface area contributed by atoms with E-state index in [9.17, 15) is 14.7 Å². The molecular weight excluding hydrogens is 304 g/mol. The van der Waals surface area contributed by atoms with E-state index in [-0.39, 0.29) is 36.3 Å². The molecule has 2 N–H and O–H groups in total. The van der Waals surface area contributed by atoms with E-state index in [4.69, 9.17) is 0 Å². The summed E-state index contributed by atoms with van der Waals surface area (Å²) in [6.45, 7) is 6.52. The molecule has 1 atom stereocenters. The lowest BCUT2D eigenvalue weighted by molar-refractivity contribution is -0.122. The highest BCUT2D eigenvalue weighted by Crippen LogP contribution is 2.27. The largest absolute Gasteiger partial charge is 0.394 e. The fraction of sp³-hybridized carbons (Fsp3) is 0.579. The highest BCUT2D eigenvalue weighted by atomic mass is 16.3. The van der Waals surface area contributed by atoms with Crippen LogP contribution < -0.4 is 10.2 Å². The minimum Gasteiger partial charge on any atom is -0.394 e. The van der Waals surface area contributed by atoms with Gasteiger partial charge in [0.15, 0.2) is 0 Å². The molecule has 2 amide bonds. The molecule has 1 heterocycles. The zero-order valence-electron chi connectivity index (χ0n) is 14.8. The van der Waals surface area contributed by atoms with Gasteiger partial charge in [-0.05, 0) is 29.9 Å². The average Bonchev–Trinajstić information content (AvgIpc) is 2.52. The maximum atomic E-state index is 12.2. The Balaban J connectivity index is 1.93. The van der Waals surface area contributed by atoms with Crippen LogP contribution in [0.4, 0.5) is 5.69 Å². The number of aryl methyl sites for hydroxylation is 1. The van der Waals surface area contributed by atoms with Crippen molar-refractivity contribution in [2.45, 2.75) is 52.5 Å². The van der Waals surface area contributed by atoms with Gasteiger partial charge in [-0.1, -0.05) is 39.0 Å². The zero-order valence-corrected chi connectivity index (χ0v) is 14.8. The molecule has 1 aromatic rings. The number of amides is 2. The Kier molecular flexibility index (Phi) is 5.99. The van der Waals surface area contributed by atoms with Gasteiger partial charge in [-0.3, -0.25) is 9.59 Å². The Morgan fingerprint density at radius 2 is 2.00 bits per heavy atom. The summed E-state index contributed by atoms with van der Waals surface area (Å²) in [6.07, 6.45) is 2.19. The first-order valence-electron chi connectivity index (χ1n) is 8.58. The molecule has 0 saturated heterocycles. The van der Waals surface area contributed by atoms with Gasteiger partial charge in [-0.2, -0.15) is 0 Å². The topological polar surface area (TPSA) is 69.6 Å². The summed E-state index contributed by atoms with van der Waals surface area (Å²) >= 11 is 0. The maximum Gasteiger partial charge on any atom is 0.227 e. The predicted molar refractivity (Wildman–Crippen MR) is 94.8 cm³/mol. The number of benzene rings is 1. The summed E-state index contributed by atoms with van der Waals surface area (Å²) in [4.78, 5) is 26.1. The average molecular weight is 332 g/mol. The molecule has 1 aliphatic heterocycles. The van der Waals surface area contributed by atoms with Crippen molar-refractivity contribution in [3.63, 3.8) is 0 Å². The third-order valence-corrected chi connectivity index (χ3v) is 4.20. The molecule has 5 nitrogen and oxygen atoms in total. The SMILES string of the molecule is CC(C)(C)CC(CO)NC(=O)CCN1C(=O)CCc2ccccc21. The second-order valence-electron chi connectivity index (χ2n) is 7.64. The lowest BCUT2D eigenvalue weighted by Crippen LogP contribution is -2.42. The number of carbonyl (C=O) groups excluding carboxylic acids is 2. The number of rotatable bonds is 6. The summed E-state index contributed by atoms with van der Waals surface area (Å²) in [7, 11) is 0. The van der Waals surface area contributed by atoms with E-state index in [0.29, 0.717) is 19.4 Å². The Hall–Kier alpha value is -1.88. The maximum absolute atomic E-state index is 12.2. The van der Waals surface area contributed by atoms with Gasteiger partial charge in [-0.15, -0.1) is 0 Å². The summed E-state index contributed by atoms with van der Waals surface area (Å²) in [5.41, 5.74) is 2.09. The smallest absolute Gasteiger partial charge is 0.227 e. The molecule has 1 aromatic carbocycles. The Labute approximate surface area is 144 Å². The standard InChI is InChI=1S/C19H28N2O3/c1-19(2,3)12-15(13-22)20-17(23)10-11-21-16-7-5-4-6-14(16)8-9-18(21)24/h4-7,15,22H,8-13H2,1-3H3,(H,20,23). The van der Waals surface area contributed by atoms with Gasteiger partial charge < -0.3 is 15.3 Å². The number of nitrogens with zero attached hydrogens (tertiary/aromatic N) is 1. The van der Waals surface area contributed by atoms with Gasteiger partial charge in [0.05, 0.1) is 12.6 Å². The van der Waals surface area contributed by atoms with Gasteiger partial charge >= 0.3 is 0 Å². The van der Waals surface area contributed by atoms with E-state index in [2.05, 4.69) is 26.1 Å². The summed E-state index contributed by atoms with van der Waals surface area (Å²) in [5, 5.41) is 12.3. The fourth-order valence-corrected chi connectivity index (χ4v) is 3.16. The van der Waals surface area contributed by atoms with Crippen LogP contribution in [0.5, 0.6) is 0 Å². The van der Waals surface area contributed by atoms with E-state index >= 15 is 0 Å². The number of aliphatic hydroxyl groups is 1. The Morgan fingerprint density at radius 3 is 2.67 bits per heavy atom. The molecule has 1 unspecified atom stereocenters. The normalized spacial score (nSPS) is 15.8. The number of para-hydroxylation sites is 1. The second kappa shape index (κ2) is 7.79. The number of nitrogens with one attached hydrogen (secondary N) is 1. The van der Waals surface area contributed by atoms with Crippen molar-refractivity contribution in [2.24, 2.45) is 5.41 Å². The highest BCUT2D eigenvalue weighted by molar-refractivity contribution is 5.97. The monoisotopic (exact) mass is 332 g/mol. The van der Waals surface area contributed by atoms with Gasteiger partial charge in [0.2, 0.25) is 11.8 Å². The van der Waals surface area contributed by atoms with Gasteiger partial charge in [0.1, 0.15) is 0 Å². The summed E-state index contributed by atoms with van der Waals surface area (Å²) in [6, 6.07) is 7.59. The van der Waals surface area contributed by atoms with Crippen LogP contribution in [0, 0.1) is 5.41 Å².